The SMILES string of the molecule is CS(=O)(=O)c1ccc2nc(C3CCCC3C(=O)O)[nH]c2c1. The number of rotatable bonds is 3. The molecule has 21 heavy (non-hydrogen) atoms. The molecule has 2 N–H and O–H groups in total. The summed E-state index contributed by atoms with van der Waals surface area (Å²) < 4.78 is 23.1. The van der Waals surface area contributed by atoms with Crippen molar-refractivity contribution >= 4 is 26.8 Å². The van der Waals surface area contributed by atoms with Gasteiger partial charge in [0.05, 0.1) is 21.8 Å². The van der Waals surface area contributed by atoms with Crippen LogP contribution in [0.3, 0.4) is 0 Å². The number of nitrogens with one attached hydrogen (secondary N) is 1. The highest BCUT2D eigenvalue weighted by Gasteiger charge is 2.35. The average Bonchev–Trinajstić information content (AvgIpc) is 3.02. The molecule has 0 amide bonds. The molecule has 0 spiro atoms. The molecule has 1 saturated carbocycles. The summed E-state index contributed by atoms with van der Waals surface area (Å²) in [6, 6.07) is 4.72. The Morgan fingerprint density at radius 1 is 1.38 bits per heavy atom. The summed E-state index contributed by atoms with van der Waals surface area (Å²) in [4.78, 5) is 19.0. The van der Waals surface area contributed by atoms with Crippen molar-refractivity contribution in [3.05, 3.63) is 24.0 Å². The van der Waals surface area contributed by atoms with Gasteiger partial charge in [-0.05, 0) is 31.0 Å². The van der Waals surface area contributed by atoms with Crippen molar-refractivity contribution in [3.8, 4) is 0 Å². The first-order chi connectivity index (χ1) is 9.86. The second-order valence-corrected chi connectivity index (χ2v) is 7.57. The van der Waals surface area contributed by atoms with Crippen LogP contribution in [0.5, 0.6) is 0 Å². The van der Waals surface area contributed by atoms with Gasteiger partial charge in [-0.25, -0.2) is 13.4 Å². The number of aromatic amines is 1. The largest absolute Gasteiger partial charge is 0.481 e. The zero-order valence-electron chi connectivity index (χ0n) is 11.5. The minimum Gasteiger partial charge on any atom is -0.481 e. The quantitative estimate of drug-likeness (QED) is 0.902. The number of carboxylic acids is 1. The summed E-state index contributed by atoms with van der Waals surface area (Å²) in [7, 11) is -3.27. The van der Waals surface area contributed by atoms with Gasteiger partial charge < -0.3 is 10.1 Å². The fourth-order valence-corrected chi connectivity index (χ4v) is 3.64. The summed E-state index contributed by atoms with van der Waals surface area (Å²) in [5.74, 6) is -0.702. The zero-order chi connectivity index (χ0) is 15.2. The number of hydrogen-bond acceptors (Lipinski definition) is 4. The maximum absolute atomic E-state index is 11.6. The summed E-state index contributed by atoms with van der Waals surface area (Å²) in [6.45, 7) is 0. The van der Waals surface area contributed by atoms with E-state index < -0.39 is 21.7 Å². The number of hydrogen-bond donors (Lipinski definition) is 2. The standard InChI is InChI=1S/C14H16N2O4S/c1-21(19,20)8-5-6-11-12(7-8)16-13(15-11)9-3-2-4-10(9)14(17)18/h5-7,9-10H,2-4H2,1H3,(H,15,16)(H,17,18). The molecule has 1 aromatic heterocycles. The van der Waals surface area contributed by atoms with Crippen LogP contribution in [0, 0.1) is 5.92 Å². The van der Waals surface area contributed by atoms with Gasteiger partial charge in [-0.3, -0.25) is 4.79 Å². The maximum atomic E-state index is 11.6. The molecular formula is C14H16N2O4S. The van der Waals surface area contributed by atoms with Crippen molar-refractivity contribution in [1.29, 1.82) is 0 Å². The van der Waals surface area contributed by atoms with Crippen LogP contribution in [0.2, 0.25) is 0 Å². The van der Waals surface area contributed by atoms with Gasteiger partial charge in [-0.15, -0.1) is 0 Å². The number of benzene rings is 1. The van der Waals surface area contributed by atoms with E-state index in [0.29, 0.717) is 23.3 Å². The third-order valence-electron chi connectivity index (χ3n) is 4.08. The van der Waals surface area contributed by atoms with E-state index in [1.807, 2.05) is 0 Å². The Morgan fingerprint density at radius 3 is 2.81 bits per heavy atom. The van der Waals surface area contributed by atoms with Gasteiger partial charge in [0.1, 0.15) is 5.82 Å². The van der Waals surface area contributed by atoms with Gasteiger partial charge in [-0.2, -0.15) is 0 Å². The van der Waals surface area contributed by atoms with Gasteiger partial charge >= 0.3 is 5.97 Å². The fourth-order valence-electron chi connectivity index (χ4n) is 3.00. The van der Waals surface area contributed by atoms with Gasteiger partial charge in [0.2, 0.25) is 0 Å². The van der Waals surface area contributed by atoms with Crippen LogP contribution in [-0.4, -0.2) is 35.7 Å². The molecule has 6 nitrogen and oxygen atoms in total. The average molecular weight is 308 g/mol. The Hall–Kier alpha value is -1.89. The van der Waals surface area contributed by atoms with Crippen LogP contribution < -0.4 is 0 Å². The van der Waals surface area contributed by atoms with Gasteiger partial charge in [-0.1, -0.05) is 6.42 Å². The predicted molar refractivity (Wildman–Crippen MR) is 76.9 cm³/mol. The highest BCUT2D eigenvalue weighted by atomic mass is 32.2. The van der Waals surface area contributed by atoms with Crippen molar-refractivity contribution in [2.45, 2.75) is 30.1 Å². The van der Waals surface area contributed by atoms with Crippen molar-refractivity contribution < 1.29 is 18.3 Å². The zero-order valence-corrected chi connectivity index (χ0v) is 12.4. The normalized spacial score (nSPS) is 22.7. The monoisotopic (exact) mass is 308 g/mol. The van der Waals surface area contributed by atoms with E-state index in [-0.39, 0.29) is 10.8 Å². The molecule has 2 aromatic rings. The molecule has 0 saturated heterocycles. The summed E-state index contributed by atoms with van der Waals surface area (Å²) in [5.41, 5.74) is 1.29. The van der Waals surface area contributed by atoms with E-state index in [9.17, 15) is 18.3 Å². The predicted octanol–water partition coefficient (Wildman–Crippen LogP) is 1.93. The lowest BCUT2D eigenvalue weighted by Crippen LogP contribution is -2.17. The molecule has 1 aliphatic rings. The molecular weight excluding hydrogens is 292 g/mol. The Morgan fingerprint density at radius 2 is 2.14 bits per heavy atom. The molecule has 1 aromatic carbocycles. The first kappa shape index (κ1) is 14.1. The van der Waals surface area contributed by atoms with Crippen LogP contribution in [0.15, 0.2) is 23.1 Å². The lowest BCUT2D eigenvalue weighted by atomic mass is 9.96. The van der Waals surface area contributed by atoms with Crippen LogP contribution >= 0.6 is 0 Å². The number of H-pyrrole nitrogens is 1. The molecule has 2 atom stereocenters. The second kappa shape index (κ2) is 4.84. The number of carbonyl (C=O) groups is 1. The summed E-state index contributed by atoms with van der Waals surface area (Å²) >= 11 is 0. The Kier molecular flexibility index (Phi) is 3.24. The lowest BCUT2D eigenvalue weighted by Gasteiger charge is -2.12. The van der Waals surface area contributed by atoms with Gasteiger partial charge in [0.25, 0.3) is 0 Å². The minimum atomic E-state index is -3.27. The summed E-state index contributed by atoms with van der Waals surface area (Å²) in [5, 5.41) is 9.25. The first-order valence-corrected chi connectivity index (χ1v) is 8.68. The van der Waals surface area contributed by atoms with E-state index in [1.54, 1.807) is 12.1 Å². The van der Waals surface area contributed by atoms with E-state index in [4.69, 9.17) is 0 Å². The smallest absolute Gasteiger partial charge is 0.307 e. The number of imidazole rings is 1. The van der Waals surface area contributed by atoms with Crippen LogP contribution in [0.1, 0.15) is 31.0 Å². The topological polar surface area (TPSA) is 100 Å². The van der Waals surface area contributed by atoms with Crippen LogP contribution in [-0.2, 0) is 14.6 Å². The number of carboxylic acid groups (broad SMARTS) is 1. The molecule has 0 bridgehead atoms. The molecule has 112 valence electrons. The second-order valence-electron chi connectivity index (χ2n) is 5.56. The molecule has 0 aliphatic heterocycles. The Bertz CT molecular complexity index is 809. The van der Waals surface area contributed by atoms with E-state index >= 15 is 0 Å². The number of nitrogens with zero attached hydrogens (tertiary/aromatic N) is 1. The van der Waals surface area contributed by atoms with Crippen molar-refractivity contribution in [2.75, 3.05) is 6.26 Å². The van der Waals surface area contributed by atoms with E-state index in [2.05, 4.69) is 9.97 Å². The highest BCUT2D eigenvalue weighted by molar-refractivity contribution is 7.90. The van der Waals surface area contributed by atoms with E-state index in [1.165, 1.54) is 6.07 Å². The maximum Gasteiger partial charge on any atom is 0.307 e. The number of fused-ring (bicyclic) bond motifs is 1. The van der Waals surface area contributed by atoms with Gasteiger partial charge in [0.15, 0.2) is 9.84 Å². The molecule has 7 heteroatoms. The first-order valence-electron chi connectivity index (χ1n) is 6.79. The van der Waals surface area contributed by atoms with Crippen molar-refractivity contribution in [1.82, 2.24) is 9.97 Å². The van der Waals surface area contributed by atoms with Crippen LogP contribution in [0.4, 0.5) is 0 Å². The third kappa shape index (κ3) is 2.53. The highest BCUT2D eigenvalue weighted by Crippen LogP contribution is 2.39. The number of aliphatic carboxylic acids is 1. The lowest BCUT2D eigenvalue weighted by molar-refractivity contribution is -0.142. The fraction of sp³-hybridized carbons (Fsp3) is 0.429. The molecule has 1 fully saturated rings. The Labute approximate surface area is 122 Å². The number of sulfone groups is 1. The Balaban J connectivity index is 2.03. The van der Waals surface area contributed by atoms with E-state index in [0.717, 1.165) is 19.1 Å². The summed E-state index contributed by atoms with van der Waals surface area (Å²) in [6.07, 6.45) is 3.47. The van der Waals surface area contributed by atoms with Crippen molar-refractivity contribution in [3.63, 3.8) is 0 Å². The third-order valence-corrected chi connectivity index (χ3v) is 5.19. The van der Waals surface area contributed by atoms with Gasteiger partial charge in [0, 0.05) is 12.2 Å². The van der Waals surface area contributed by atoms with Crippen molar-refractivity contribution in [2.24, 2.45) is 5.92 Å². The molecule has 1 aliphatic carbocycles. The molecule has 3 rings (SSSR count). The molecule has 2 unspecified atom stereocenters. The number of aromatic nitrogens is 2. The molecule has 1 heterocycles. The van der Waals surface area contributed by atoms with Crippen LogP contribution in [0.25, 0.3) is 11.0 Å². The minimum absolute atomic E-state index is 0.128. The molecule has 0 radical (unpaired) electrons.